The molecule has 0 bridgehead atoms. The summed E-state index contributed by atoms with van der Waals surface area (Å²) in [6.45, 7) is 11.8. The highest BCUT2D eigenvalue weighted by atomic mass is 16.5. The molecule has 3 nitrogen and oxygen atoms in total. The quantitative estimate of drug-likeness (QED) is 0.682. The molecule has 0 aliphatic carbocycles. The molecule has 0 saturated heterocycles. The van der Waals surface area contributed by atoms with Crippen molar-refractivity contribution in [2.45, 2.75) is 60.0 Å². The lowest BCUT2D eigenvalue weighted by Gasteiger charge is -2.17. The molecule has 16 heavy (non-hydrogen) atoms. The molecule has 96 valence electrons. The summed E-state index contributed by atoms with van der Waals surface area (Å²) in [5.41, 5.74) is 0.0742. The highest BCUT2D eigenvalue weighted by Gasteiger charge is 2.14. The van der Waals surface area contributed by atoms with Crippen LogP contribution in [-0.2, 0) is 9.53 Å². The van der Waals surface area contributed by atoms with Crippen molar-refractivity contribution in [3.8, 4) is 0 Å². The van der Waals surface area contributed by atoms with Crippen molar-refractivity contribution in [2.75, 3.05) is 13.2 Å². The molecule has 1 N–H and O–H groups in total. The fourth-order valence-electron chi connectivity index (χ4n) is 1.32. The third-order valence-corrected chi connectivity index (χ3v) is 2.04. The molecule has 0 atom stereocenters. The van der Waals surface area contributed by atoms with E-state index in [1.165, 1.54) is 0 Å². The maximum atomic E-state index is 11.5. The van der Waals surface area contributed by atoms with Gasteiger partial charge in [0.2, 0.25) is 5.91 Å². The van der Waals surface area contributed by atoms with Crippen LogP contribution in [0.25, 0.3) is 0 Å². The van der Waals surface area contributed by atoms with E-state index in [9.17, 15) is 4.79 Å². The summed E-state index contributed by atoms with van der Waals surface area (Å²) >= 11 is 0. The molecule has 0 heterocycles. The van der Waals surface area contributed by atoms with Crippen LogP contribution >= 0.6 is 0 Å². The summed E-state index contributed by atoms with van der Waals surface area (Å²) in [7, 11) is 0. The lowest BCUT2D eigenvalue weighted by Crippen LogP contribution is -2.28. The Labute approximate surface area is 99.9 Å². The van der Waals surface area contributed by atoms with Gasteiger partial charge in [0, 0.05) is 19.6 Å². The summed E-state index contributed by atoms with van der Waals surface area (Å²) in [5.74, 6) is 0.150. The van der Waals surface area contributed by atoms with Crippen LogP contribution in [0.1, 0.15) is 53.9 Å². The Kier molecular flexibility index (Phi) is 7.39. The summed E-state index contributed by atoms with van der Waals surface area (Å²) in [5, 5.41) is 2.93. The minimum atomic E-state index is 0.0742. The molecule has 0 aromatic heterocycles. The number of carbonyl (C=O) groups excluding carboxylic acids is 1. The smallest absolute Gasteiger partial charge is 0.220 e. The van der Waals surface area contributed by atoms with Crippen molar-refractivity contribution >= 4 is 5.91 Å². The first kappa shape index (κ1) is 15.4. The molecule has 0 aliphatic rings. The Morgan fingerprint density at radius 3 is 2.38 bits per heavy atom. The first-order chi connectivity index (χ1) is 7.31. The van der Waals surface area contributed by atoms with Crippen molar-refractivity contribution in [3.05, 3.63) is 0 Å². The van der Waals surface area contributed by atoms with Crippen LogP contribution in [-0.4, -0.2) is 25.2 Å². The number of hydrogen-bond donors (Lipinski definition) is 1. The molecule has 0 aliphatic heterocycles. The minimum Gasteiger partial charge on any atom is -0.379 e. The van der Waals surface area contributed by atoms with E-state index in [0.717, 1.165) is 26.0 Å². The van der Waals surface area contributed by atoms with Crippen LogP contribution in [0.15, 0.2) is 0 Å². The summed E-state index contributed by atoms with van der Waals surface area (Å²) in [4.78, 5) is 11.5. The largest absolute Gasteiger partial charge is 0.379 e. The van der Waals surface area contributed by atoms with Crippen molar-refractivity contribution in [3.63, 3.8) is 0 Å². The van der Waals surface area contributed by atoms with Crippen LogP contribution in [0.2, 0.25) is 0 Å². The maximum Gasteiger partial charge on any atom is 0.220 e. The molecule has 1 amide bonds. The summed E-state index contributed by atoms with van der Waals surface area (Å²) in [6.07, 6.45) is 2.89. The minimum absolute atomic E-state index is 0.0742. The van der Waals surface area contributed by atoms with E-state index >= 15 is 0 Å². The third kappa shape index (κ3) is 11.5. The maximum absolute atomic E-state index is 11.5. The van der Waals surface area contributed by atoms with Crippen molar-refractivity contribution in [1.29, 1.82) is 0 Å². The van der Waals surface area contributed by atoms with Gasteiger partial charge in [-0.05, 0) is 32.1 Å². The van der Waals surface area contributed by atoms with Gasteiger partial charge in [-0.15, -0.1) is 0 Å². The Morgan fingerprint density at radius 2 is 1.88 bits per heavy atom. The number of ether oxygens (including phenoxy) is 1. The average Bonchev–Trinajstić information content (AvgIpc) is 2.07. The lowest BCUT2D eigenvalue weighted by atomic mass is 9.92. The third-order valence-electron chi connectivity index (χ3n) is 2.04. The first-order valence-corrected chi connectivity index (χ1v) is 6.19. The van der Waals surface area contributed by atoms with Crippen molar-refractivity contribution < 1.29 is 9.53 Å². The fourth-order valence-corrected chi connectivity index (χ4v) is 1.32. The van der Waals surface area contributed by atoms with Crippen LogP contribution in [0.4, 0.5) is 0 Å². The second-order valence-electron chi connectivity index (χ2n) is 5.71. The Balaban J connectivity index is 3.35. The van der Waals surface area contributed by atoms with Gasteiger partial charge < -0.3 is 10.1 Å². The molecule has 0 unspecified atom stereocenters. The molecule has 0 radical (unpaired) electrons. The topological polar surface area (TPSA) is 38.3 Å². The van der Waals surface area contributed by atoms with Gasteiger partial charge in [0.25, 0.3) is 0 Å². The molecule has 3 heteroatoms. The number of rotatable bonds is 7. The number of nitrogens with one attached hydrogen (secondary N) is 1. The van der Waals surface area contributed by atoms with Crippen LogP contribution in [0.5, 0.6) is 0 Å². The number of hydrogen-bond acceptors (Lipinski definition) is 2. The molecule has 0 aromatic carbocycles. The second-order valence-corrected chi connectivity index (χ2v) is 5.71. The average molecular weight is 229 g/mol. The molecule has 0 aromatic rings. The van der Waals surface area contributed by atoms with E-state index in [-0.39, 0.29) is 11.3 Å². The standard InChI is InChI=1S/C13H27NO2/c1-11(2)16-9-7-6-8-14-12(15)10-13(3,4)5/h11H,6-10H2,1-5H3,(H,14,15). The van der Waals surface area contributed by atoms with Gasteiger partial charge in [-0.25, -0.2) is 0 Å². The zero-order chi connectivity index (χ0) is 12.6. The van der Waals surface area contributed by atoms with Gasteiger partial charge in [0.05, 0.1) is 6.10 Å². The van der Waals surface area contributed by atoms with Crippen molar-refractivity contribution in [2.24, 2.45) is 5.41 Å². The van der Waals surface area contributed by atoms with E-state index in [0.29, 0.717) is 12.5 Å². The van der Waals surface area contributed by atoms with E-state index in [1.807, 2.05) is 13.8 Å². The normalized spacial score (nSPS) is 11.9. The van der Waals surface area contributed by atoms with Gasteiger partial charge in [-0.3, -0.25) is 4.79 Å². The Morgan fingerprint density at radius 1 is 1.25 bits per heavy atom. The lowest BCUT2D eigenvalue weighted by molar-refractivity contribution is -0.122. The number of unbranched alkanes of at least 4 members (excludes halogenated alkanes) is 1. The molecule has 0 spiro atoms. The van der Waals surface area contributed by atoms with Gasteiger partial charge >= 0.3 is 0 Å². The predicted octanol–water partition coefficient (Wildman–Crippen LogP) is 2.74. The molecule has 0 rings (SSSR count). The monoisotopic (exact) mass is 229 g/mol. The van der Waals surface area contributed by atoms with E-state index < -0.39 is 0 Å². The van der Waals surface area contributed by atoms with Crippen molar-refractivity contribution in [1.82, 2.24) is 5.32 Å². The van der Waals surface area contributed by atoms with E-state index in [2.05, 4.69) is 26.1 Å². The highest BCUT2D eigenvalue weighted by Crippen LogP contribution is 2.17. The first-order valence-electron chi connectivity index (χ1n) is 6.19. The molecular weight excluding hydrogens is 202 g/mol. The summed E-state index contributed by atoms with van der Waals surface area (Å²) < 4.78 is 5.42. The molecular formula is C13H27NO2. The zero-order valence-electron chi connectivity index (χ0n) is 11.4. The Hall–Kier alpha value is -0.570. The molecule has 0 fully saturated rings. The zero-order valence-corrected chi connectivity index (χ0v) is 11.4. The van der Waals surface area contributed by atoms with Gasteiger partial charge in [0.1, 0.15) is 0 Å². The number of amides is 1. The van der Waals surface area contributed by atoms with E-state index in [4.69, 9.17) is 4.74 Å². The summed E-state index contributed by atoms with van der Waals surface area (Å²) in [6, 6.07) is 0. The van der Waals surface area contributed by atoms with Crippen LogP contribution in [0.3, 0.4) is 0 Å². The molecule has 0 saturated carbocycles. The van der Waals surface area contributed by atoms with Gasteiger partial charge in [-0.1, -0.05) is 20.8 Å². The Bertz CT molecular complexity index is 195. The predicted molar refractivity (Wildman–Crippen MR) is 67.4 cm³/mol. The second kappa shape index (κ2) is 7.66. The number of carbonyl (C=O) groups is 1. The van der Waals surface area contributed by atoms with Gasteiger partial charge in [-0.2, -0.15) is 0 Å². The van der Waals surface area contributed by atoms with Crippen LogP contribution in [0, 0.1) is 5.41 Å². The van der Waals surface area contributed by atoms with E-state index in [1.54, 1.807) is 0 Å². The fraction of sp³-hybridized carbons (Fsp3) is 0.923. The SMILES string of the molecule is CC(C)OCCCCNC(=O)CC(C)(C)C. The highest BCUT2D eigenvalue weighted by molar-refractivity contribution is 5.76. The van der Waals surface area contributed by atoms with Crippen LogP contribution < -0.4 is 5.32 Å². The van der Waals surface area contributed by atoms with Gasteiger partial charge in [0.15, 0.2) is 0 Å².